The van der Waals surface area contributed by atoms with E-state index in [2.05, 4.69) is 50.8 Å². The molecular weight excluding hydrogens is 532 g/mol. The molecule has 5 rings (SSSR count). The predicted octanol–water partition coefficient (Wildman–Crippen LogP) is 5.99. The lowest BCUT2D eigenvalue weighted by molar-refractivity contribution is 0.103. The summed E-state index contributed by atoms with van der Waals surface area (Å²) in [6.07, 6.45) is 2.11. The minimum atomic E-state index is -0.303. The molecule has 4 aromatic rings. The number of aromatic amines is 1. The Morgan fingerprint density at radius 2 is 1.83 bits per heavy atom. The summed E-state index contributed by atoms with van der Waals surface area (Å²) >= 11 is 1.47. The molecule has 9 heteroatoms. The van der Waals surface area contributed by atoms with Crippen LogP contribution < -0.4 is 16.2 Å². The first kappa shape index (κ1) is 28.3. The van der Waals surface area contributed by atoms with Crippen molar-refractivity contribution in [3.8, 4) is 11.3 Å². The van der Waals surface area contributed by atoms with E-state index in [0.29, 0.717) is 16.3 Å². The van der Waals surface area contributed by atoms with Gasteiger partial charge >= 0.3 is 0 Å². The van der Waals surface area contributed by atoms with Gasteiger partial charge in [-0.3, -0.25) is 14.5 Å². The van der Waals surface area contributed by atoms with E-state index in [0.717, 1.165) is 63.4 Å². The number of rotatable bonds is 6. The molecule has 0 radical (unpaired) electrons. The molecule has 2 aromatic heterocycles. The quantitative estimate of drug-likeness (QED) is 0.265. The van der Waals surface area contributed by atoms with Crippen molar-refractivity contribution in [2.45, 2.75) is 27.7 Å². The Morgan fingerprint density at radius 3 is 2.59 bits per heavy atom. The van der Waals surface area contributed by atoms with Crippen LogP contribution in [-0.4, -0.2) is 59.6 Å². The average molecular weight is 569 g/mol. The number of amides is 1. The van der Waals surface area contributed by atoms with Crippen LogP contribution in [0.3, 0.4) is 0 Å². The number of carbonyl (C=O) groups excluding carboxylic acids is 1. The molecule has 3 heterocycles. The molecule has 3 N–H and O–H groups in total. The zero-order valence-corrected chi connectivity index (χ0v) is 25.2. The van der Waals surface area contributed by atoms with Gasteiger partial charge in [-0.15, -0.1) is 11.3 Å². The first-order valence-corrected chi connectivity index (χ1v) is 14.5. The molecule has 2 aromatic carbocycles. The van der Waals surface area contributed by atoms with Gasteiger partial charge in [0.2, 0.25) is 0 Å². The summed E-state index contributed by atoms with van der Waals surface area (Å²) in [4.78, 5) is 31.3. The predicted molar refractivity (Wildman–Crippen MR) is 170 cm³/mol. The smallest absolute Gasteiger partial charge is 0.287 e. The number of nitrogens with one attached hydrogen (secondary N) is 3. The van der Waals surface area contributed by atoms with Crippen molar-refractivity contribution in [1.82, 2.24) is 20.0 Å². The van der Waals surface area contributed by atoms with Gasteiger partial charge in [-0.25, -0.2) is 5.10 Å². The second-order valence-electron chi connectivity index (χ2n) is 10.9. The van der Waals surface area contributed by atoms with Crippen LogP contribution in [0.15, 0.2) is 76.4 Å². The molecular formula is C32H36N6O2S. The molecule has 0 spiro atoms. The lowest BCUT2D eigenvalue weighted by Gasteiger charge is -2.34. The number of allylic oxidation sites excluding steroid dienone is 2. The maximum atomic E-state index is 13.2. The molecule has 212 valence electrons. The zero-order valence-electron chi connectivity index (χ0n) is 24.4. The number of nitrogens with zero attached hydrogens (tertiary/aromatic N) is 3. The number of piperazine rings is 1. The molecule has 0 aliphatic carbocycles. The molecule has 1 aliphatic heterocycles. The molecule has 0 bridgehead atoms. The Balaban J connectivity index is 1.45. The van der Waals surface area contributed by atoms with Crippen LogP contribution in [0, 0.1) is 13.8 Å². The Kier molecular flexibility index (Phi) is 8.10. The third-order valence-corrected chi connectivity index (χ3v) is 8.61. The SMILES string of the molecule is CC(C)=C(/C=C1/CN(C)CCN1C)Nc1cc(-c2ccc(C)c(NC(=O)c3cc4ccccc4s3)c2C)n[nH]c1=O. The third-order valence-electron chi connectivity index (χ3n) is 7.50. The summed E-state index contributed by atoms with van der Waals surface area (Å²) in [5.41, 5.74) is 7.23. The van der Waals surface area contributed by atoms with Crippen molar-refractivity contribution in [3.63, 3.8) is 0 Å². The maximum Gasteiger partial charge on any atom is 0.287 e. The van der Waals surface area contributed by atoms with E-state index < -0.39 is 0 Å². The van der Waals surface area contributed by atoms with Gasteiger partial charge in [0, 0.05) is 54.0 Å². The zero-order chi connectivity index (χ0) is 29.3. The number of fused-ring (bicyclic) bond motifs is 1. The molecule has 1 fully saturated rings. The maximum absolute atomic E-state index is 13.2. The van der Waals surface area contributed by atoms with Crippen molar-refractivity contribution in [2.75, 3.05) is 44.4 Å². The number of H-pyrrole nitrogens is 1. The summed E-state index contributed by atoms with van der Waals surface area (Å²) in [5, 5.41) is 14.6. The van der Waals surface area contributed by atoms with Gasteiger partial charge in [0.25, 0.3) is 11.5 Å². The van der Waals surface area contributed by atoms with Crippen molar-refractivity contribution in [3.05, 3.63) is 97.9 Å². The van der Waals surface area contributed by atoms with Crippen LogP contribution in [0.4, 0.5) is 11.4 Å². The fourth-order valence-corrected chi connectivity index (χ4v) is 5.89. The first-order valence-electron chi connectivity index (χ1n) is 13.7. The van der Waals surface area contributed by atoms with E-state index in [-0.39, 0.29) is 11.5 Å². The Labute approximate surface area is 244 Å². The van der Waals surface area contributed by atoms with E-state index in [1.165, 1.54) is 17.0 Å². The topological polar surface area (TPSA) is 93.4 Å². The van der Waals surface area contributed by atoms with Crippen molar-refractivity contribution in [1.29, 1.82) is 0 Å². The van der Waals surface area contributed by atoms with Gasteiger partial charge in [0.1, 0.15) is 5.69 Å². The average Bonchev–Trinajstić information content (AvgIpc) is 3.38. The number of benzene rings is 2. The summed E-state index contributed by atoms with van der Waals surface area (Å²) < 4.78 is 1.07. The van der Waals surface area contributed by atoms with Crippen LogP contribution in [0.5, 0.6) is 0 Å². The van der Waals surface area contributed by atoms with Gasteiger partial charge in [-0.05, 0) is 75.5 Å². The Hall–Kier alpha value is -4.21. The monoisotopic (exact) mass is 568 g/mol. The van der Waals surface area contributed by atoms with E-state index in [4.69, 9.17) is 0 Å². The first-order chi connectivity index (χ1) is 19.6. The lowest BCUT2D eigenvalue weighted by atomic mass is 9.99. The Morgan fingerprint density at radius 1 is 1.05 bits per heavy atom. The highest BCUT2D eigenvalue weighted by atomic mass is 32.1. The number of thiophene rings is 1. The summed E-state index contributed by atoms with van der Waals surface area (Å²) in [6, 6.07) is 15.6. The van der Waals surface area contributed by atoms with Crippen molar-refractivity contribution in [2.24, 2.45) is 0 Å². The number of aryl methyl sites for hydroxylation is 1. The normalized spacial score (nSPS) is 14.9. The van der Waals surface area contributed by atoms with Gasteiger partial charge in [-0.1, -0.05) is 35.9 Å². The second kappa shape index (κ2) is 11.7. The molecule has 0 atom stereocenters. The number of likely N-dealkylation sites (N-methyl/N-ethyl adjacent to an activating group) is 2. The molecule has 8 nitrogen and oxygen atoms in total. The summed E-state index contributed by atoms with van der Waals surface area (Å²) in [7, 11) is 4.20. The van der Waals surface area contributed by atoms with Gasteiger partial charge in [0.05, 0.1) is 10.6 Å². The minimum Gasteiger partial charge on any atom is -0.375 e. The van der Waals surface area contributed by atoms with E-state index >= 15 is 0 Å². The highest BCUT2D eigenvalue weighted by Gasteiger charge is 2.18. The molecule has 1 saturated heterocycles. The largest absolute Gasteiger partial charge is 0.375 e. The van der Waals surface area contributed by atoms with E-state index in [1.807, 2.05) is 70.2 Å². The van der Waals surface area contributed by atoms with E-state index in [1.54, 1.807) is 6.07 Å². The second-order valence-corrected chi connectivity index (χ2v) is 11.9. The van der Waals surface area contributed by atoms with E-state index in [9.17, 15) is 9.59 Å². The highest BCUT2D eigenvalue weighted by molar-refractivity contribution is 7.20. The van der Waals surface area contributed by atoms with Crippen molar-refractivity contribution >= 4 is 38.7 Å². The van der Waals surface area contributed by atoms with Gasteiger partial charge in [0.15, 0.2) is 0 Å². The number of carbonyl (C=O) groups is 1. The molecule has 1 amide bonds. The van der Waals surface area contributed by atoms with Crippen LogP contribution in [0.2, 0.25) is 0 Å². The van der Waals surface area contributed by atoms with Crippen LogP contribution in [0.1, 0.15) is 34.6 Å². The fourth-order valence-electron chi connectivity index (χ4n) is 4.94. The summed E-state index contributed by atoms with van der Waals surface area (Å²) in [5.74, 6) is -0.147. The van der Waals surface area contributed by atoms with Crippen molar-refractivity contribution < 1.29 is 4.79 Å². The van der Waals surface area contributed by atoms with Gasteiger partial charge < -0.3 is 15.5 Å². The molecule has 0 unspecified atom stereocenters. The number of hydrogen-bond donors (Lipinski definition) is 3. The fraction of sp³-hybridized carbons (Fsp3) is 0.281. The van der Waals surface area contributed by atoms with Crippen LogP contribution >= 0.6 is 11.3 Å². The van der Waals surface area contributed by atoms with Crippen LogP contribution in [0.25, 0.3) is 21.3 Å². The van der Waals surface area contributed by atoms with Gasteiger partial charge in [-0.2, -0.15) is 5.10 Å². The number of hydrogen-bond acceptors (Lipinski definition) is 7. The summed E-state index contributed by atoms with van der Waals surface area (Å²) in [6.45, 7) is 10.8. The van der Waals surface area contributed by atoms with Crippen LogP contribution in [-0.2, 0) is 0 Å². The highest BCUT2D eigenvalue weighted by Crippen LogP contribution is 2.32. The third kappa shape index (κ3) is 6.11. The number of aromatic nitrogens is 2. The molecule has 0 saturated carbocycles. The molecule has 41 heavy (non-hydrogen) atoms. The Bertz CT molecular complexity index is 1710. The standard InChI is InChI=1S/C32H36N6O2S/c1-19(2)25(16-23-18-37(5)13-14-38(23)6)33-27-17-26(35-36-31(27)39)24-12-11-20(3)30(21(24)4)34-32(40)29-15-22-9-7-8-10-28(22)41-29/h7-12,15-17H,13-14,18H2,1-6H3,(H,33,35)(H,34,40)(H,36,39)/b23-16-. The minimum absolute atomic E-state index is 0.147. The lowest BCUT2D eigenvalue weighted by Crippen LogP contribution is -2.40. The molecule has 1 aliphatic rings. The number of anilines is 2.